The molecule has 0 bridgehead atoms. The number of carbonyl (C=O) groups is 1. The highest BCUT2D eigenvalue weighted by atomic mass is 35.5. The molecule has 0 fully saturated rings. The number of nitrogens with zero attached hydrogens (tertiary/aromatic N) is 4. The van der Waals surface area contributed by atoms with E-state index in [2.05, 4.69) is 26.2 Å². The van der Waals surface area contributed by atoms with E-state index in [1.807, 2.05) is 86.6 Å². The van der Waals surface area contributed by atoms with Gasteiger partial charge in [-0.1, -0.05) is 53.1 Å². The number of aromatic nitrogens is 4. The Morgan fingerprint density at radius 2 is 1.86 bits per heavy atom. The molecule has 176 valence electrons. The van der Waals surface area contributed by atoms with E-state index in [-0.39, 0.29) is 5.91 Å². The molecular formula is C26H23ClN6O2. The Labute approximate surface area is 207 Å². The summed E-state index contributed by atoms with van der Waals surface area (Å²) < 4.78 is 7.53. The van der Waals surface area contributed by atoms with Crippen molar-refractivity contribution in [1.29, 1.82) is 0 Å². The van der Waals surface area contributed by atoms with Gasteiger partial charge >= 0.3 is 0 Å². The van der Waals surface area contributed by atoms with Crippen molar-refractivity contribution in [3.8, 4) is 5.75 Å². The summed E-state index contributed by atoms with van der Waals surface area (Å²) >= 11 is 5.95. The van der Waals surface area contributed by atoms with Crippen LogP contribution < -0.4 is 15.4 Å². The zero-order valence-corrected chi connectivity index (χ0v) is 20.0. The molecule has 0 aliphatic carbocycles. The zero-order valence-electron chi connectivity index (χ0n) is 19.2. The van der Waals surface area contributed by atoms with Crippen LogP contribution in [0.3, 0.4) is 0 Å². The summed E-state index contributed by atoms with van der Waals surface area (Å²) in [5, 5.41) is 18.8. The minimum absolute atomic E-state index is 0.227. The van der Waals surface area contributed by atoms with E-state index in [4.69, 9.17) is 16.3 Å². The van der Waals surface area contributed by atoms with Gasteiger partial charge in [-0.05, 0) is 77.4 Å². The maximum atomic E-state index is 13.4. The molecule has 0 saturated heterocycles. The number of halogens is 1. The summed E-state index contributed by atoms with van der Waals surface area (Å²) in [4.78, 5) is 13.4. The number of anilines is 2. The molecule has 9 heteroatoms. The molecule has 2 heterocycles. The average molecular weight is 487 g/mol. The predicted molar refractivity (Wildman–Crippen MR) is 134 cm³/mol. The molecule has 3 aromatic carbocycles. The van der Waals surface area contributed by atoms with Gasteiger partial charge in [0.2, 0.25) is 5.95 Å². The number of fused-ring (bicyclic) bond motifs is 1. The lowest BCUT2D eigenvalue weighted by Crippen LogP contribution is -2.31. The fourth-order valence-corrected chi connectivity index (χ4v) is 4.16. The second kappa shape index (κ2) is 9.60. The first-order valence-electron chi connectivity index (χ1n) is 11.1. The molecule has 1 aliphatic heterocycles. The summed E-state index contributed by atoms with van der Waals surface area (Å²) in [6.07, 6.45) is 0. The molecule has 1 aromatic heterocycles. The van der Waals surface area contributed by atoms with Gasteiger partial charge in [0.25, 0.3) is 5.91 Å². The van der Waals surface area contributed by atoms with Crippen LogP contribution in [0.15, 0.2) is 84.1 Å². The van der Waals surface area contributed by atoms with Crippen molar-refractivity contribution in [3.63, 3.8) is 0 Å². The van der Waals surface area contributed by atoms with Crippen LogP contribution >= 0.6 is 11.6 Å². The van der Waals surface area contributed by atoms with Crippen molar-refractivity contribution in [3.05, 3.63) is 106 Å². The van der Waals surface area contributed by atoms with Crippen LogP contribution in [0.5, 0.6) is 5.75 Å². The molecule has 4 aromatic rings. The van der Waals surface area contributed by atoms with Gasteiger partial charge < -0.3 is 15.4 Å². The number of amides is 1. The molecule has 0 radical (unpaired) electrons. The third kappa shape index (κ3) is 4.88. The van der Waals surface area contributed by atoms with Crippen LogP contribution in [0.1, 0.15) is 29.7 Å². The Hall–Kier alpha value is -4.17. The SMILES string of the molecule is CC1=C(C(=O)Nc2cccc(C)c2)C(c2ccc(OCc3ccc(Cl)cc3)cc2)n2nnnc2N1. The Morgan fingerprint density at radius 1 is 1.09 bits per heavy atom. The zero-order chi connectivity index (χ0) is 24.4. The van der Waals surface area contributed by atoms with Gasteiger partial charge in [0, 0.05) is 16.4 Å². The van der Waals surface area contributed by atoms with Gasteiger partial charge in [-0.2, -0.15) is 4.68 Å². The molecular weight excluding hydrogens is 464 g/mol. The monoisotopic (exact) mass is 486 g/mol. The van der Waals surface area contributed by atoms with Gasteiger partial charge in [-0.25, -0.2) is 0 Å². The van der Waals surface area contributed by atoms with Crippen LogP contribution in [0.2, 0.25) is 5.02 Å². The summed E-state index contributed by atoms with van der Waals surface area (Å²) in [6, 6.07) is 22.3. The number of allylic oxidation sites excluding steroid dienone is 1. The van der Waals surface area contributed by atoms with Gasteiger partial charge in [-0.15, -0.1) is 0 Å². The summed E-state index contributed by atoms with van der Waals surface area (Å²) in [5.41, 5.74) is 4.87. The topological polar surface area (TPSA) is 94.0 Å². The molecule has 1 amide bonds. The number of aryl methyl sites for hydroxylation is 1. The van der Waals surface area contributed by atoms with Crippen molar-refractivity contribution >= 4 is 29.1 Å². The molecule has 5 rings (SSSR count). The molecule has 0 saturated carbocycles. The van der Waals surface area contributed by atoms with Crippen molar-refractivity contribution < 1.29 is 9.53 Å². The summed E-state index contributed by atoms with van der Waals surface area (Å²) in [5.74, 6) is 0.957. The number of hydrogen-bond donors (Lipinski definition) is 2. The number of benzene rings is 3. The van der Waals surface area contributed by atoms with E-state index in [0.29, 0.717) is 34.6 Å². The highest BCUT2D eigenvalue weighted by Crippen LogP contribution is 2.35. The van der Waals surface area contributed by atoms with Crippen LogP contribution in [0, 0.1) is 6.92 Å². The van der Waals surface area contributed by atoms with Crippen molar-refractivity contribution in [2.45, 2.75) is 26.5 Å². The first kappa shape index (κ1) is 22.6. The van der Waals surface area contributed by atoms with Crippen molar-refractivity contribution in [2.75, 3.05) is 10.6 Å². The smallest absolute Gasteiger partial charge is 0.255 e. The van der Waals surface area contributed by atoms with E-state index >= 15 is 0 Å². The third-order valence-corrected chi connectivity index (χ3v) is 6.00. The lowest BCUT2D eigenvalue weighted by Gasteiger charge is -2.28. The standard InChI is InChI=1S/C26H23ClN6O2/c1-16-4-3-5-21(14-16)29-25(34)23-17(2)28-26-30-31-32-33(26)24(23)19-8-12-22(13-9-19)35-15-18-6-10-20(27)11-7-18/h3-14,24H,15H2,1-2H3,(H,29,34)(H,28,30,32). The molecule has 35 heavy (non-hydrogen) atoms. The van der Waals surface area contributed by atoms with Crippen LogP contribution in [0.25, 0.3) is 0 Å². The number of tetrazole rings is 1. The lowest BCUT2D eigenvalue weighted by atomic mass is 9.95. The van der Waals surface area contributed by atoms with E-state index in [1.54, 1.807) is 4.68 Å². The van der Waals surface area contributed by atoms with Gasteiger partial charge in [0.15, 0.2) is 0 Å². The van der Waals surface area contributed by atoms with Gasteiger partial charge in [0.05, 0.1) is 5.57 Å². The Kier molecular flexibility index (Phi) is 6.20. The Morgan fingerprint density at radius 3 is 2.60 bits per heavy atom. The Bertz CT molecular complexity index is 1400. The lowest BCUT2D eigenvalue weighted by molar-refractivity contribution is -0.113. The van der Waals surface area contributed by atoms with Gasteiger partial charge in [0.1, 0.15) is 18.4 Å². The summed E-state index contributed by atoms with van der Waals surface area (Å²) in [6.45, 7) is 4.25. The van der Waals surface area contributed by atoms with Crippen molar-refractivity contribution in [2.24, 2.45) is 0 Å². The minimum Gasteiger partial charge on any atom is -0.489 e. The average Bonchev–Trinajstić information content (AvgIpc) is 3.31. The molecule has 2 N–H and O–H groups in total. The maximum Gasteiger partial charge on any atom is 0.255 e. The summed E-state index contributed by atoms with van der Waals surface area (Å²) in [7, 11) is 0. The largest absolute Gasteiger partial charge is 0.489 e. The maximum absolute atomic E-state index is 13.4. The van der Waals surface area contributed by atoms with Crippen molar-refractivity contribution in [1.82, 2.24) is 20.2 Å². The van der Waals surface area contributed by atoms with E-state index < -0.39 is 6.04 Å². The number of nitrogens with one attached hydrogen (secondary N) is 2. The number of ether oxygens (including phenoxy) is 1. The first-order chi connectivity index (χ1) is 17.0. The molecule has 0 spiro atoms. The quantitative estimate of drug-likeness (QED) is 0.392. The number of rotatable bonds is 6. The minimum atomic E-state index is -0.503. The molecule has 1 unspecified atom stereocenters. The fraction of sp³-hybridized carbons (Fsp3) is 0.154. The van der Waals surface area contributed by atoms with Crippen LogP contribution in [-0.2, 0) is 11.4 Å². The molecule has 1 atom stereocenters. The number of hydrogen-bond acceptors (Lipinski definition) is 6. The van der Waals surface area contributed by atoms with E-state index in [0.717, 1.165) is 22.4 Å². The highest BCUT2D eigenvalue weighted by molar-refractivity contribution is 6.30. The molecule has 8 nitrogen and oxygen atoms in total. The first-order valence-corrected chi connectivity index (χ1v) is 11.5. The van der Waals surface area contributed by atoms with Gasteiger partial charge in [-0.3, -0.25) is 4.79 Å². The Balaban J connectivity index is 1.40. The van der Waals surface area contributed by atoms with E-state index in [9.17, 15) is 4.79 Å². The van der Waals surface area contributed by atoms with Crippen LogP contribution in [0.4, 0.5) is 11.6 Å². The third-order valence-electron chi connectivity index (χ3n) is 5.75. The van der Waals surface area contributed by atoms with Crippen LogP contribution in [-0.4, -0.2) is 26.1 Å². The van der Waals surface area contributed by atoms with E-state index in [1.165, 1.54) is 0 Å². The second-order valence-electron chi connectivity index (χ2n) is 8.32. The second-order valence-corrected chi connectivity index (χ2v) is 8.76. The molecule has 1 aliphatic rings. The normalized spacial score (nSPS) is 14.8. The predicted octanol–water partition coefficient (Wildman–Crippen LogP) is 5.14. The fourth-order valence-electron chi connectivity index (χ4n) is 4.03. The number of carbonyl (C=O) groups excluding carboxylic acids is 1. The highest BCUT2D eigenvalue weighted by Gasteiger charge is 2.34.